The van der Waals surface area contributed by atoms with E-state index >= 15 is 0 Å². The van der Waals surface area contributed by atoms with Gasteiger partial charge in [0.15, 0.2) is 0 Å². The molecule has 4 heteroatoms. The molecule has 0 spiro atoms. The minimum atomic E-state index is -0.0680. The number of aryl methyl sites for hydroxylation is 1. The third-order valence-electron chi connectivity index (χ3n) is 2.02. The van der Waals surface area contributed by atoms with Crippen molar-refractivity contribution in [2.45, 2.75) is 13.8 Å². The number of carbonyl (C=O) groups excluding carboxylic acids is 1. The van der Waals surface area contributed by atoms with Crippen molar-refractivity contribution in [1.29, 1.82) is 0 Å². The summed E-state index contributed by atoms with van der Waals surface area (Å²) in [7, 11) is 0. The summed E-state index contributed by atoms with van der Waals surface area (Å²) in [6.45, 7) is 4.67. The highest BCUT2D eigenvalue weighted by atomic mass is 16.2. The Bertz CT molecular complexity index is 338. The first-order valence-electron chi connectivity index (χ1n) is 4.99. The van der Waals surface area contributed by atoms with E-state index in [2.05, 4.69) is 5.32 Å². The summed E-state index contributed by atoms with van der Waals surface area (Å²) < 4.78 is 0. The minimum absolute atomic E-state index is 0.0680. The van der Waals surface area contributed by atoms with Crippen molar-refractivity contribution < 1.29 is 4.79 Å². The van der Waals surface area contributed by atoms with E-state index in [1.54, 1.807) is 0 Å². The van der Waals surface area contributed by atoms with E-state index in [-0.39, 0.29) is 12.5 Å². The second-order valence-corrected chi connectivity index (χ2v) is 3.42. The van der Waals surface area contributed by atoms with E-state index < -0.39 is 0 Å². The highest BCUT2D eigenvalue weighted by Crippen LogP contribution is 2.12. The molecule has 1 aromatic carbocycles. The molecule has 0 saturated carbocycles. The molecule has 0 heterocycles. The Balaban J connectivity index is 2.60. The highest BCUT2D eigenvalue weighted by Gasteiger charge is 2.06. The molecule has 0 bridgehead atoms. The average Bonchev–Trinajstić information content (AvgIpc) is 2.18. The van der Waals surface area contributed by atoms with Gasteiger partial charge < -0.3 is 10.3 Å². The van der Waals surface area contributed by atoms with Crippen LogP contribution in [0.25, 0.3) is 0 Å². The summed E-state index contributed by atoms with van der Waals surface area (Å²) >= 11 is 0. The van der Waals surface area contributed by atoms with Gasteiger partial charge in [0.05, 0.1) is 5.69 Å². The number of hydrazine groups is 1. The number of hydrogen-bond acceptors (Lipinski definition) is 3. The normalized spacial score (nSPS) is 9.80. The van der Waals surface area contributed by atoms with E-state index in [9.17, 15) is 4.79 Å². The topological polar surface area (TPSA) is 58.4 Å². The number of nitrogens with two attached hydrogens (primary N) is 1. The molecule has 0 saturated heterocycles. The molecule has 1 aromatic rings. The highest BCUT2D eigenvalue weighted by molar-refractivity contribution is 5.80. The number of anilines is 1. The van der Waals surface area contributed by atoms with Crippen LogP contribution in [0.4, 0.5) is 5.69 Å². The van der Waals surface area contributed by atoms with Crippen molar-refractivity contribution in [3.8, 4) is 0 Å². The molecule has 15 heavy (non-hydrogen) atoms. The molecular formula is C11H17N3O. The summed E-state index contributed by atoms with van der Waals surface area (Å²) in [5, 5.41) is 4.14. The Morgan fingerprint density at radius 1 is 1.53 bits per heavy atom. The van der Waals surface area contributed by atoms with Gasteiger partial charge in [-0.3, -0.25) is 4.79 Å². The SMILES string of the molecule is CCNC(=O)CN(N)c1cccc(C)c1. The number of nitrogens with one attached hydrogen (secondary N) is 1. The Labute approximate surface area is 90.0 Å². The van der Waals surface area contributed by atoms with Gasteiger partial charge in [0.2, 0.25) is 5.91 Å². The molecule has 0 aromatic heterocycles. The van der Waals surface area contributed by atoms with Gasteiger partial charge in [-0.05, 0) is 31.5 Å². The van der Waals surface area contributed by atoms with Gasteiger partial charge in [-0.15, -0.1) is 0 Å². The van der Waals surface area contributed by atoms with Gasteiger partial charge in [0.25, 0.3) is 0 Å². The quantitative estimate of drug-likeness (QED) is 0.567. The molecule has 0 aliphatic rings. The van der Waals surface area contributed by atoms with Crippen molar-refractivity contribution in [1.82, 2.24) is 5.32 Å². The second-order valence-electron chi connectivity index (χ2n) is 3.42. The van der Waals surface area contributed by atoms with Crippen LogP contribution in [0.2, 0.25) is 0 Å². The summed E-state index contributed by atoms with van der Waals surface area (Å²) in [6.07, 6.45) is 0. The Kier molecular flexibility index (Phi) is 4.12. The van der Waals surface area contributed by atoms with Crippen molar-refractivity contribution >= 4 is 11.6 Å². The first-order valence-corrected chi connectivity index (χ1v) is 4.99. The lowest BCUT2D eigenvalue weighted by Crippen LogP contribution is -2.41. The first kappa shape index (κ1) is 11.5. The van der Waals surface area contributed by atoms with E-state index in [1.165, 1.54) is 5.01 Å². The predicted octanol–water partition coefficient (Wildman–Crippen LogP) is 0.811. The summed E-state index contributed by atoms with van der Waals surface area (Å²) in [6, 6.07) is 7.73. The monoisotopic (exact) mass is 207 g/mol. The number of amides is 1. The van der Waals surface area contributed by atoms with Gasteiger partial charge in [-0.25, -0.2) is 5.84 Å². The lowest BCUT2D eigenvalue weighted by molar-refractivity contribution is -0.119. The molecule has 0 unspecified atom stereocenters. The standard InChI is InChI=1S/C11H17N3O/c1-3-13-11(15)8-14(12)10-6-4-5-9(2)7-10/h4-7H,3,8,12H2,1-2H3,(H,13,15). The van der Waals surface area contributed by atoms with Crippen LogP contribution < -0.4 is 16.2 Å². The zero-order valence-corrected chi connectivity index (χ0v) is 9.16. The van der Waals surface area contributed by atoms with E-state index in [0.29, 0.717) is 6.54 Å². The number of likely N-dealkylation sites (N-methyl/N-ethyl adjacent to an activating group) is 1. The number of hydrogen-bond donors (Lipinski definition) is 2. The van der Waals surface area contributed by atoms with Crippen molar-refractivity contribution in [2.75, 3.05) is 18.1 Å². The minimum Gasteiger partial charge on any atom is -0.355 e. The fourth-order valence-corrected chi connectivity index (χ4v) is 1.31. The van der Waals surface area contributed by atoms with Crippen LogP contribution >= 0.6 is 0 Å². The molecule has 0 aliphatic heterocycles. The molecule has 82 valence electrons. The van der Waals surface area contributed by atoms with Crippen molar-refractivity contribution in [2.24, 2.45) is 5.84 Å². The third kappa shape index (κ3) is 3.59. The average molecular weight is 207 g/mol. The van der Waals surface area contributed by atoms with Crippen LogP contribution in [0.3, 0.4) is 0 Å². The molecule has 0 fully saturated rings. The lowest BCUT2D eigenvalue weighted by Gasteiger charge is -2.18. The van der Waals surface area contributed by atoms with Crippen LogP contribution in [-0.2, 0) is 4.79 Å². The van der Waals surface area contributed by atoms with Crippen molar-refractivity contribution in [3.63, 3.8) is 0 Å². The fourth-order valence-electron chi connectivity index (χ4n) is 1.31. The molecule has 1 amide bonds. The molecule has 0 atom stereocenters. The maximum absolute atomic E-state index is 11.3. The van der Waals surface area contributed by atoms with Crippen molar-refractivity contribution in [3.05, 3.63) is 29.8 Å². The molecular weight excluding hydrogens is 190 g/mol. The van der Waals surface area contributed by atoms with Gasteiger partial charge >= 0.3 is 0 Å². The van der Waals surface area contributed by atoms with Crippen LogP contribution in [0.15, 0.2) is 24.3 Å². The maximum atomic E-state index is 11.3. The fraction of sp³-hybridized carbons (Fsp3) is 0.364. The third-order valence-corrected chi connectivity index (χ3v) is 2.02. The molecule has 4 nitrogen and oxygen atoms in total. The van der Waals surface area contributed by atoms with Gasteiger partial charge in [-0.2, -0.15) is 0 Å². The largest absolute Gasteiger partial charge is 0.355 e. The number of rotatable bonds is 4. The molecule has 0 radical (unpaired) electrons. The Hall–Kier alpha value is -1.55. The van der Waals surface area contributed by atoms with Gasteiger partial charge in [0.1, 0.15) is 6.54 Å². The second kappa shape index (κ2) is 5.36. The molecule has 0 aliphatic carbocycles. The summed E-state index contributed by atoms with van der Waals surface area (Å²) in [4.78, 5) is 11.3. The van der Waals surface area contributed by atoms with Crippen LogP contribution in [0.5, 0.6) is 0 Å². The predicted molar refractivity (Wildman–Crippen MR) is 61.4 cm³/mol. The van der Waals surface area contributed by atoms with E-state index in [0.717, 1.165) is 11.3 Å². The molecule has 1 rings (SSSR count). The van der Waals surface area contributed by atoms with Gasteiger partial charge in [-0.1, -0.05) is 12.1 Å². The Morgan fingerprint density at radius 3 is 2.87 bits per heavy atom. The van der Waals surface area contributed by atoms with Crippen LogP contribution in [0, 0.1) is 6.92 Å². The Morgan fingerprint density at radius 2 is 2.27 bits per heavy atom. The zero-order valence-electron chi connectivity index (χ0n) is 9.16. The smallest absolute Gasteiger partial charge is 0.241 e. The summed E-state index contributed by atoms with van der Waals surface area (Å²) in [5.41, 5.74) is 1.97. The van der Waals surface area contributed by atoms with E-state index in [1.807, 2.05) is 38.1 Å². The lowest BCUT2D eigenvalue weighted by atomic mass is 10.2. The zero-order chi connectivity index (χ0) is 11.3. The number of carbonyl (C=O) groups is 1. The maximum Gasteiger partial charge on any atom is 0.241 e. The van der Waals surface area contributed by atoms with Gasteiger partial charge in [0, 0.05) is 6.54 Å². The first-order chi connectivity index (χ1) is 7.13. The summed E-state index contributed by atoms with van der Waals surface area (Å²) in [5.74, 6) is 5.70. The van der Waals surface area contributed by atoms with Crippen LogP contribution in [0.1, 0.15) is 12.5 Å². The van der Waals surface area contributed by atoms with Crippen LogP contribution in [-0.4, -0.2) is 19.0 Å². The van der Waals surface area contributed by atoms with E-state index in [4.69, 9.17) is 5.84 Å². The number of benzene rings is 1. The number of nitrogens with zero attached hydrogens (tertiary/aromatic N) is 1. The molecule has 3 N–H and O–H groups in total.